The smallest absolute Gasteiger partial charge is 0.264 e. The molecular weight excluding hydrogens is 402 g/mol. The Morgan fingerprint density at radius 2 is 1.60 bits per heavy atom. The Morgan fingerprint density at radius 3 is 2.17 bits per heavy atom. The number of hydrogen-bond acceptors (Lipinski definition) is 5. The Kier molecular flexibility index (Phi) is 6.26. The van der Waals surface area contributed by atoms with Crippen molar-refractivity contribution in [2.45, 2.75) is 38.5 Å². The van der Waals surface area contributed by atoms with E-state index in [-0.39, 0.29) is 10.8 Å². The Hall–Kier alpha value is -2.74. The molecule has 8 heteroatoms. The van der Waals surface area contributed by atoms with Crippen molar-refractivity contribution >= 4 is 33.0 Å². The molecule has 0 aromatic heterocycles. The van der Waals surface area contributed by atoms with E-state index in [2.05, 4.69) is 14.9 Å². The van der Waals surface area contributed by atoms with Crippen LogP contribution in [0.2, 0.25) is 0 Å². The summed E-state index contributed by atoms with van der Waals surface area (Å²) in [6.07, 6.45) is 2.04. The highest BCUT2D eigenvalue weighted by Gasteiger charge is 2.26. The van der Waals surface area contributed by atoms with Crippen molar-refractivity contribution in [1.29, 1.82) is 0 Å². The van der Waals surface area contributed by atoms with Crippen molar-refractivity contribution in [1.82, 2.24) is 0 Å². The summed E-state index contributed by atoms with van der Waals surface area (Å²) in [6.45, 7) is 7.04. The summed E-state index contributed by atoms with van der Waals surface area (Å²) in [6, 6.07) is 11.7. The van der Waals surface area contributed by atoms with Gasteiger partial charge in [0.05, 0.1) is 12.8 Å². The van der Waals surface area contributed by atoms with Gasteiger partial charge in [-0.2, -0.15) is 0 Å². The van der Waals surface area contributed by atoms with Crippen molar-refractivity contribution < 1.29 is 17.9 Å². The van der Waals surface area contributed by atoms with E-state index in [0.717, 1.165) is 25.9 Å². The molecule has 7 nitrogen and oxygen atoms in total. The molecule has 1 aliphatic heterocycles. The van der Waals surface area contributed by atoms with Gasteiger partial charge in [0, 0.05) is 29.9 Å². The van der Waals surface area contributed by atoms with E-state index < -0.39 is 15.4 Å². The molecule has 0 unspecified atom stereocenters. The number of anilines is 3. The standard InChI is InChI=1S/C22H29N3O4S/c1-22(2,3)21(26)23-17-9-12-19(25-13-5-6-14-25)20(15-17)30(27,28)24-16-7-10-18(29-4)11-8-16/h7-12,15,24H,5-6,13-14H2,1-4H3,(H,23,26). The van der Waals surface area contributed by atoms with Crippen LogP contribution in [-0.4, -0.2) is 34.5 Å². The predicted octanol–water partition coefficient (Wildman–Crippen LogP) is 4.08. The topological polar surface area (TPSA) is 87.7 Å². The first-order valence-electron chi connectivity index (χ1n) is 9.97. The third kappa shape index (κ3) is 5.05. The van der Waals surface area contributed by atoms with Crippen LogP contribution in [0, 0.1) is 5.41 Å². The lowest BCUT2D eigenvalue weighted by atomic mass is 9.95. The summed E-state index contributed by atoms with van der Waals surface area (Å²) < 4.78 is 34.3. The van der Waals surface area contributed by atoms with E-state index in [1.54, 1.807) is 43.5 Å². The minimum atomic E-state index is -3.88. The second-order valence-corrected chi connectivity index (χ2v) is 10.1. The largest absolute Gasteiger partial charge is 0.497 e. The highest BCUT2D eigenvalue weighted by Crippen LogP contribution is 2.33. The van der Waals surface area contributed by atoms with Gasteiger partial charge in [0.25, 0.3) is 10.0 Å². The summed E-state index contributed by atoms with van der Waals surface area (Å²) in [7, 11) is -2.32. The van der Waals surface area contributed by atoms with Crippen LogP contribution in [0.15, 0.2) is 47.4 Å². The van der Waals surface area contributed by atoms with Gasteiger partial charge in [-0.1, -0.05) is 20.8 Å². The number of hydrogen-bond donors (Lipinski definition) is 2. The van der Waals surface area contributed by atoms with Crippen LogP contribution < -0.4 is 19.7 Å². The molecule has 2 aromatic carbocycles. The molecule has 30 heavy (non-hydrogen) atoms. The summed E-state index contributed by atoms with van der Waals surface area (Å²) in [4.78, 5) is 14.6. The van der Waals surface area contributed by atoms with E-state index in [1.165, 1.54) is 6.07 Å². The van der Waals surface area contributed by atoms with Gasteiger partial charge in [0.15, 0.2) is 0 Å². The Morgan fingerprint density at radius 1 is 1.00 bits per heavy atom. The number of ether oxygens (including phenoxy) is 1. The highest BCUT2D eigenvalue weighted by molar-refractivity contribution is 7.92. The van der Waals surface area contributed by atoms with Gasteiger partial charge >= 0.3 is 0 Å². The van der Waals surface area contributed by atoms with Crippen LogP contribution in [0.25, 0.3) is 0 Å². The number of nitrogens with zero attached hydrogens (tertiary/aromatic N) is 1. The Labute approximate surface area is 178 Å². The lowest BCUT2D eigenvalue weighted by Gasteiger charge is -2.23. The number of benzene rings is 2. The van der Waals surface area contributed by atoms with E-state index in [1.807, 2.05) is 20.8 Å². The zero-order chi connectivity index (χ0) is 21.9. The van der Waals surface area contributed by atoms with E-state index in [4.69, 9.17) is 4.74 Å². The fourth-order valence-electron chi connectivity index (χ4n) is 3.21. The highest BCUT2D eigenvalue weighted by atomic mass is 32.2. The van der Waals surface area contributed by atoms with Gasteiger partial charge in [-0.15, -0.1) is 0 Å². The first-order chi connectivity index (χ1) is 14.1. The maximum atomic E-state index is 13.3. The molecule has 0 saturated carbocycles. The first-order valence-corrected chi connectivity index (χ1v) is 11.5. The molecule has 1 fully saturated rings. The zero-order valence-electron chi connectivity index (χ0n) is 17.9. The molecule has 0 aliphatic carbocycles. The van der Waals surface area contributed by atoms with Crippen molar-refractivity contribution in [2.75, 3.05) is 35.1 Å². The van der Waals surface area contributed by atoms with Crippen LogP contribution in [0.4, 0.5) is 17.1 Å². The number of sulfonamides is 1. The lowest BCUT2D eigenvalue weighted by Crippen LogP contribution is -2.28. The second-order valence-electron chi connectivity index (χ2n) is 8.41. The molecule has 1 heterocycles. The second kappa shape index (κ2) is 8.55. The van der Waals surface area contributed by atoms with Crippen molar-refractivity contribution in [3.05, 3.63) is 42.5 Å². The molecular formula is C22H29N3O4S. The fraction of sp³-hybridized carbons (Fsp3) is 0.409. The number of rotatable bonds is 6. The SMILES string of the molecule is COc1ccc(NS(=O)(=O)c2cc(NC(=O)C(C)(C)C)ccc2N2CCCC2)cc1. The monoisotopic (exact) mass is 431 g/mol. The van der Waals surface area contributed by atoms with E-state index in [9.17, 15) is 13.2 Å². The predicted molar refractivity (Wildman–Crippen MR) is 120 cm³/mol. The van der Waals surface area contributed by atoms with E-state index in [0.29, 0.717) is 22.8 Å². The fourth-order valence-corrected chi connectivity index (χ4v) is 4.53. The average Bonchev–Trinajstić information content (AvgIpc) is 3.22. The number of methoxy groups -OCH3 is 1. The summed E-state index contributed by atoms with van der Waals surface area (Å²) in [5.74, 6) is 0.463. The summed E-state index contributed by atoms with van der Waals surface area (Å²) >= 11 is 0. The third-order valence-corrected chi connectivity index (χ3v) is 6.39. The molecule has 0 spiro atoms. The number of amides is 1. The van der Waals surface area contributed by atoms with Gasteiger partial charge in [-0.25, -0.2) is 8.42 Å². The van der Waals surface area contributed by atoms with Crippen molar-refractivity contribution in [3.8, 4) is 5.75 Å². The zero-order valence-corrected chi connectivity index (χ0v) is 18.7. The van der Waals surface area contributed by atoms with Crippen molar-refractivity contribution in [3.63, 3.8) is 0 Å². The quantitative estimate of drug-likeness (QED) is 0.720. The van der Waals surface area contributed by atoms with Crippen LogP contribution in [0.3, 0.4) is 0 Å². The maximum absolute atomic E-state index is 13.3. The van der Waals surface area contributed by atoms with Gasteiger partial charge in [-0.05, 0) is 55.3 Å². The van der Waals surface area contributed by atoms with Crippen molar-refractivity contribution in [2.24, 2.45) is 5.41 Å². The first kappa shape index (κ1) is 22.0. The number of nitrogens with one attached hydrogen (secondary N) is 2. The Balaban J connectivity index is 1.97. The third-order valence-electron chi connectivity index (χ3n) is 4.98. The molecule has 0 atom stereocenters. The number of carbonyl (C=O) groups is 1. The normalized spacial score (nSPS) is 14.5. The minimum absolute atomic E-state index is 0.145. The van der Waals surface area contributed by atoms with Gasteiger partial charge in [0.1, 0.15) is 10.6 Å². The van der Waals surface area contributed by atoms with E-state index >= 15 is 0 Å². The Bertz CT molecular complexity index is 1010. The minimum Gasteiger partial charge on any atom is -0.497 e. The molecule has 1 amide bonds. The van der Waals surface area contributed by atoms with Gasteiger partial charge < -0.3 is 15.0 Å². The molecule has 0 radical (unpaired) electrons. The molecule has 1 saturated heterocycles. The molecule has 2 N–H and O–H groups in total. The summed E-state index contributed by atoms with van der Waals surface area (Å²) in [5.41, 5.74) is 0.941. The molecule has 1 aliphatic rings. The molecule has 3 rings (SSSR count). The van der Waals surface area contributed by atoms with Crippen LogP contribution in [0.1, 0.15) is 33.6 Å². The number of carbonyl (C=O) groups excluding carboxylic acids is 1. The van der Waals surface area contributed by atoms with Gasteiger partial charge in [0.2, 0.25) is 5.91 Å². The maximum Gasteiger partial charge on any atom is 0.264 e. The molecule has 0 bridgehead atoms. The molecule has 162 valence electrons. The lowest BCUT2D eigenvalue weighted by molar-refractivity contribution is -0.123. The molecule has 2 aromatic rings. The summed E-state index contributed by atoms with van der Waals surface area (Å²) in [5, 5.41) is 2.82. The van der Waals surface area contributed by atoms with Crippen LogP contribution >= 0.6 is 0 Å². The van der Waals surface area contributed by atoms with Crippen LogP contribution in [0.5, 0.6) is 5.75 Å². The van der Waals surface area contributed by atoms with Crippen LogP contribution in [-0.2, 0) is 14.8 Å². The average molecular weight is 432 g/mol. The van der Waals surface area contributed by atoms with Gasteiger partial charge in [-0.3, -0.25) is 9.52 Å².